The van der Waals surface area contributed by atoms with Gasteiger partial charge in [0.05, 0.1) is 11.6 Å². The van der Waals surface area contributed by atoms with Gasteiger partial charge in [0.2, 0.25) is 0 Å². The number of rotatable bonds is 3. The summed E-state index contributed by atoms with van der Waals surface area (Å²) in [5.74, 6) is 0.329. The van der Waals surface area contributed by atoms with Crippen molar-refractivity contribution in [1.29, 1.82) is 5.26 Å². The normalized spacial score (nSPS) is 16.0. The molecule has 1 aliphatic rings. The Kier molecular flexibility index (Phi) is 4.80. The second-order valence-electron chi connectivity index (χ2n) is 5.86. The van der Waals surface area contributed by atoms with Crippen LogP contribution < -0.4 is 0 Å². The molecule has 1 fully saturated rings. The van der Waals surface area contributed by atoms with Gasteiger partial charge in [-0.2, -0.15) is 5.26 Å². The van der Waals surface area contributed by atoms with Gasteiger partial charge in [0.1, 0.15) is 0 Å². The van der Waals surface area contributed by atoms with Crippen molar-refractivity contribution in [3.05, 3.63) is 59.7 Å². The fourth-order valence-electron chi connectivity index (χ4n) is 2.96. The van der Waals surface area contributed by atoms with Crippen molar-refractivity contribution in [2.24, 2.45) is 5.92 Å². The quantitative estimate of drug-likeness (QED) is 0.687. The Labute approximate surface area is 142 Å². The van der Waals surface area contributed by atoms with Crippen molar-refractivity contribution in [3.63, 3.8) is 0 Å². The predicted molar refractivity (Wildman–Crippen MR) is 94.2 cm³/mol. The summed E-state index contributed by atoms with van der Waals surface area (Å²) in [5.41, 5.74) is 3.42. The van der Waals surface area contributed by atoms with Crippen LogP contribution in [0.3, 0.4) is 0 Å². The zero-order valence-corrected chi connectivity index (χ0v) is 13.7. The third kappa shape index (κ3) is 3.64. The molecule has 116 valence electrons. The van der Waals surface area contributed by atoms with Gasteiger partial charge in [-0.25, -0.2) is 0 Å². The summed E-state index contributed by atoms with van der Waals surface area (Å²) in [5, 5.41) is 8.99. The van der Waals surface area contributed by atoms with Gasteiger partial charge in [0, 0.05) is 24.6 Å². The number of nitrogens with zero attached hydrogens (tertiary/aromatic N) is 2. The van der Waals surface area contributed by atoms with Crippen LogP contribution in [-0.4, -0.2) is 23.2 Å². The lowest BCUT2D eigenvalue weighted by Crippen LogP contribution is -2.30. The number of thiol groups is 1. The summed E-state index contributed by atoms with van der Waals surface area (Å²) in [7, 11) is 0. The van der Waals surface area contributed by atoms with Crippen molar-refractivity contribution in [3.8, 4) is 17.2 Å². The lowest BCUT2D eigenvalue weighted by atomic mass is 9.89. The Morgan fingerprint density at radius 3 is 2.43 bits per heavy atom. The summed E-state index contributed by atoms with van der Waals surface area (Å²) < 4.78 is 1.97. The Hall–Kier alpha value is -2.09. The number of ketones is 1. The van der Waals surface area contributed by atoms with E-state index in [0.29, 0.717) is 5.56 Å². The van der Waals surface area contributed by atoms with Crippen LogP contribution >= 0.6 is 12.8 Å². The molecular formula is C19H18N2OS. The number of benzene rings is 2. The monoisotopic (exact) mass is 322 g/mol. The highest BCUT2D eigenvalue weighted by molar-refractivity contribution is 7.77. The first-order chi connectivity index (χ1) is 11.2. The van der Waals surface area contributed by atoms with E-state index in [1.54, 1.807) is 6.07 Å². The van der Waals surface area contributed by atoms with Gasteiger partial charge < -0.3 is 0 Å². The highest BCUT2D eigenvalue weighted by atomic mass is 32.1. The maximum Gasteiger partial charge on any atom is 0.166 e. The number of nitriles is 1. The lowest BCUT2D eigenvalue weighted by Gasteiger charge is -2.27. The molecule has 1 saturated heterocycles. The molecule has 0 radical (unpaired) electrons. The molecule has 0 spiro atoms. The molecule has 3 rings (SSSR count). The van der Waals surface area contributed by atoms with Crippen molar-refractivity contribution < 1.29 is 4.79 Å². The summed E-state index contributed by atoms with van der Waals surface area (Å²) in [4.78, 5) is 12.6. The van der Waals surface area contributed by atoms with Crippen LogP contribution in [-0.2, 0) is 0 Å². The minimum absolute atomic E-state index is 0.103. The Morgan fingerprint density at radius 1 is 1.09 bits per heavy atom. The lowest BCUT2D eigenvalue weighted by molar-refractivity contribution is 0.0879. The Bertz CT molecular complexity index is 741. The topological polar surface area (TPSA) is 44.1 Å². The zero-order chi connectivity index (χ0) is 16.2. The first kappa shape index (κ1) is 15.8. The average molecular weight is 322 g/mol. The molecule has 2 aromatic carbocycles. The van der Waals surface area contributed by atoms with Crippen LogP contribution in [0.4, 0.5) is 0 Å². The number of piperidine rings is 1. The largest absolute Gasteiger partial charge is 0.294 e. The van der Waals surface area contributed by atoms with Gasteiger partial charge >= 0.3 is 0 Å². The van der Waals surface area contributed by atoms with Crippen molar-refractivity contribution >= 4 is 18.6 Å². The molecule has 4 heteroatoms. The molecule has 3 nitrogen and oxygen atoms in total. The molecule has 0 aliphatic carbocycles. The molecule has 23 heavy (non-hydrogen) atoms. The molecule has 0 saturated carbocycles. The molecule has 0 bridgehead atoms. The fraction of sp³-hybridized carbons (Fsp3) is 0.263. The Morgan fingerprint density at radius 2 is 1.78 bits per heavy atom. The minimum Gasteiger partial charge on any atom is -0.294 e. The highest BCUT2D eigenvalue weighted by Gasteiger charge is 2.24. The van der Waals surface area contributed by atoms with E-state index >= 15 is 0 Å². The molecular weight excluding hydrogens is 304 g/mol. The van der Waals surface area contributed by atoms with Crippen LogP contribution in [0, 0.1) is 17.2 Å². The van der Waals surface area contributed by atoms with E-state index in [0.717, 1.165) is 42.6 Å². The summed E-state index contributed by atoms with van der Waals surface area (Å²) in [6.07, 6.45) is 1.74. The number of Topliss-reactive ketones (excluding diaryl/α,β-unsaturated/α-hetero) is 1. The van der Waals surface area contributed by atoms with Gasteiger partial charge in [-0.05, 0) is 36.1 Å². The zero-order valence-electron chi connectivity index (χ0n) is 12.8. The van der Waals surface area contributed by atoms with Crippen molar-refractivity contribution in [2.75, 3.05) is 13.1 Å². The molecule has 0 aromatic heterocycles. The Balaban J connectivity index is 1.76. The SMILES string of the molecule is N#Cc1cccc(-c2ccc(C(=O)C3CCN(S)CC3)cc2)c1. The fourth-order valence-corrected chi connectivity index (χ4v) is 3.19. The number of carbonyl (C=O) groups is 1. The number of hydrogen-bond acceptors (Lipinski definition) is 4. The standard InChI is InChI=1S/C19H18N2OS/c20-13-14-2-1-3-18(12-14)15-4-6-16(7-5-15)19(22)17-8-10-21(23)11-9-17/h1-7,12,17,23H,8-11H2. The molecule has 1 aliphatic heterocycles. The highest BCUT2D eigenvalue weighted by Crippen LogP contribution is 2.25. The van der Waals surface area contributed by atoms with Gasteiger partial charge in [-0.15, -0.1) is 0 Å². The van der Waals surface area contributed by atoms with Crippen LogP contribution in [0.25, 0.3) is 11.1 Å². The van der Waals surface area contributed by atoms with Gasteiger partial charge in [0.25, 0.3) is 0 Å². The van der Waals surface area contributed by atoms with E-state index in [2.05, 4.69) is 18.9 Å². The van der Waals surface area contributed by atoms with Crippen LogP contribution in [0.5, 0.6) is 0 Å². The summed E-state index contributed by atoms with van der Waals surface area (Å²) >= 11 is 4.33. The molecule has 0 N–H and O–H groups in total. The van der Waals surface area contributed by atoms with E-state index in [4.69, 9.17) is 5.26 Å². The van der Waals surface area contributed by atoms with E-state index in [9.17, 15) is 4.79 Å². The number of carbonyl (C=O) groups excluding carboxylic acids is 1. The maximum atomic E-state index is 12.6. The van der Waals surface area contributed by atoms with Gasteiger partial charge in [0.15, 0.2) is 5.78 Å². The minimum atomic E-state index is 0.103. The third-order valence-electron chi connectivity index (χ3n) is 4.34. The second-order valence-corrected chi connectivity index (χ2v) is 6.43. The predicted octanol–water partition coefficient (Wildman–Crippen LogP) is 3.96. The van der Waals surface area contributed by atoms with E-state index in [-0.39, 0.29) is 11.7 Å². The van der Waals surface area contributed by atoms with Crippen molar-refractivity contribution in [1.82, 2.24) is 4.31 Å². The first-order valence-corrected chi connectivity index (χ1v) is 8.16. The summed E-state index contributed by atoms with van der Waals surface area (Å²) in [6.45, 7) is 1.72. The van der Waals surface area contributed by atoms with Crippen LogP contribution in [0.1, 0.15) is 28.8 Å². The molecule has 2 aromatic rings. The van der Waals surface area contributed by atoms with E-state index < -0.39 is 0 Å². The molecule has 0 amide bonds. The molecule has 0 unspecified atom stereocenters. The molecule has 0 atom stereocenters. The van der Waals surface area contributed by atoms with Crippen LogP contribution in [0.15, 0.2) is 48.5 Å². The van der Waals surface area contributed by atoms with Crippen LogP contribution in [0.2, 0.25) is 0 Å². The molecule has 1 heterocycles. The van der Waals surface area contributed by atoms with E-state index in [1.165, 1.54) is 0 Å². The van der Waals surface area contributed by atoms with E-state index in [1.807, 2.05) is 46.8 Å². The van der Waals surface area contributed by atoms with Crippen molar-refractivity contribution in [2.45, 2.75) is 12.8 Å². The maximum absolute atomic E-state index is 12.6. The third-order valence-corrected chi connectivity index (χ3v) is 4.74. The first-order valence-electron chi connectivity index (χ1n) is 7.76. The van der Waals surface area contributed by atoms with Gasteiger partial charge in [-0.3, -0.25) is 9.10 Å². The second kappa shape index (κ2) is 6.99. The smallest absolute Gasteiger partial charge is 0.166 e. The average Bonchev–Trinajstić information content (AvgIpc) is 2.62. The number of hydrogen-bond donors (Lipinski definition) is 1. The van der Waals surface area contributed by atoms with Gasteiger partial charge in [-0.1, -0.05) is 49.2 Å². The summed E-state index contributed by atoms with van der Waals surface area (Å²) in [6, 6.07) is 17.3.